The van der Waals surface area contributed by atoms with Crippen molar-refractivity contribution >= 4 is 0 Å². The number of aromatic nitrogens is 1. The zero-order valence-corrected chi connectivity index (χ0v) is 10.2. The van der Waals surface area contributed by atoms with Crippen LogP contribution in [-0.2, 0) is 5.41 Å². The maximum absolute atomic E-state index is 5.21. The van der Waals surface area contributed by atoms with Gasteiger partial charge in [0.2, 0.25) is 0 Å². The third-order valence-corrected chi connectivity index (χ3v) is 2.67. The first kappa shape index (κ1) is 10.9. The number of rotatable bonds is 1. The fourth-order valence-corrected chi connectivity index (χ4v) is 1.64. The Morgan fingerprint density at radius 2 is 1.69 bits per heavy atom. The summed E-state index contributed by atoms with van der Waals surface area (Å²) in [6, 6.07) is 8.49. The molecule has 0 fully saturated rings. The quantitative estimate of drug-likeness (QED) is 0.720. The fourth-order valence-electron chi connectivity index (χ4n) is 1.64. The highest BCUT2D eigenvalue weighted by Gasteiger charge is 2.13. The lowest BCUT2D eigenvalue weighted by atomic mass is 9.86. The number of hydrogen-bond acceptors (Lipinski definition) is 2. The van der Waals surface area contributed by atoms with Crippen LogP contribution < -0.4 is 0 Å². The fraction of sp³-hybridized carbons (Fsp3) is 0.357. The Morgan fingerprint density at radius 1 is 1.06 bits per heavy atom. The van der Waals surface area contributed by atoms with Gasteiger partial charge in [-0.3, -0.25) is 0 Å². The summed E-state index contributed by atoms with van der Waals surface area (Å²) in [6.45, 7) is 8.49. The molecule has 1 heterocycles. The lowest BCUT2D eigenvalue weighted by molar-refractivity contribution is 0.521. The second-order valence-corrected chi connectivity index (χ2v) is 5.08. The normalized spacial score (nSPS) is 11.8. The minimum atomic E-state index is 0.193. The van der Waals surface area contributed by atoms with Gasteiger partial charge in [0, 0.05) is 12.5 Å². The summed E-state index contributed by atoms with van der Waals surface area (Å²) in [5.74, 6) is 0.704. The Labute approximate surface area is 96.3 Å². The van der Waals surface area contributed by atoms with Gasteiger partial charge >= 0.3 is 0 Å². The van der Waals surface area contributed by atoms with Crippen LogP contribution in [0.15, 0.2) is 34.9 Å². The maximum Gasteiger partial charge on any atom is 0.191 e. The second kappa shape index (κ2) is 3.78. The molecule has 0 aliphatic carbocycles. The van der Waals surface area contributed by atoms with Gasteiger partial charge in [0.05, 0.1) is 0 Å². The summed E-state index contributed by atoms with van der Waals surface area (Å²) in [4.78, 5) is 4.31. The van der Waals surface area contributed by atoms with E-state index in [0.29, 0.717) is 5.89 Å². The average molecular weight is 215 g/mol. The van der Waals surface area contributed by atoms with Crippen LogP contribution in [0.1, 0.15) is 32.2 Å². The molecule has 2 aromatic rings. The smallest absolute Gasteiger partial charge is 0.191 e. The zero-order valence-electron chi connectivity index (χ0n) is 10.2. The molecule has 84 valence electrons. The Bertz CT molecular complexity index is 474. The molecule has 0 radical (unpaired) electrons. The summed E-state index contributed by atoms with van der Waals surface area (Å²) in [5, 5.41) is 0. The van der Waals surface area contributed by atoms with Gasteiger partial charge in [-0.15, -0.1) is 0 Å². The molecule has 0 aliphatic heterocycles. The highest BCUT2D eigenvalue weighted by molar-refractivity contribution is 5.58. The first-order chi connectivity index (χ1) is 7.47. The summed E-state index contributed by atoms with van der Waals surface area (Å²) in [7, 11) is 0. The Balaban J connectivity index is 2.33. The highest BCUT2D eigenvalue weighted by Crippen LogP contribution is 2.25. The van der Waals surface area contributed by atoms with Crippen LogP contribution in [0.25, 0.3) is 11.3 Å². The molecule has 0 spiro atoms. The minimum Gasteiger partial charge on any atom is -0.449 e. The van der Waals surface area contributed by atoms with Gasteiger partial charge in [-0.1, -0.05) is 45.0 Å². The molecule has 0 atom stereocenters. The predicted octanol–water partition coefficient (Wildman–Crippen LogP) is 3.95. The Hall–Kier alpha value is -1.57. The molecule has 0 bridgehead atoms. The van der Waals surface area contributed by atoms with Crippen molar-refractivity contribution in [1.29, 1.82) is 0 Å². The van der Waals surface area contributed by atoms with E-state index in [1.807, 2.05) is 6.92 Å². The Morgan fingerprint density at radius 3 is 2.12 bits per heavy atom. The largest absolute Gasteiger partial charge is 0.449 e. The van der Waals surface area contributed by atoms with Crippen LogP contribution in [0.2, 0.25) is 0 Å². The highest BCUT2D eigenvalue weighted by atomic mass is 16.3. The predicted molar refractivity (Wildman–Crippen MR) is 65.4 cm³/mol. The summed E-state index contributed by atoms with van der Waals surface area (Å²) < 4.78 is 5.21. The molecule has 2 rings (SSSR count). The lowest BCUT2D eigenvalue weighted by Crippen LogP contribution is -2.10. The van der Waals surface area contributed by atoms with Crippen molar-refractivity contribution in [2.45, 2.75) is 33.1 Å². The third kappa shape index (κ3) is 2.16. The molecule has 1 aromatic carbocycles. The topological polar surface area (TPSA) is 26.0 Å². The first-order valence-electron chi connectivity index (χ1n) is 5.50. The van der Waals surface area contributed by atoms with Crippen molar-refractivity contribution in [2.75, 3.05) is 0 Å². The average Bonchev–Trinajstić information content (AvgIpc) is 2.64. The summed E-state index contributed by atoms with van der Waals surface area (Å²) in [5.41, 5.74) is 3.53. The van der Waals surface area contributed by atoms with E-state index >= 15 is 0 Å². The van der Waals surface area contributed by atoms with Gasteiger partial charge in [-0.25, -0.2) is 4.98 Å². The molecule has 0 aliphatic rings. The van der Waals surface area contributed by atoms with E-state index in [2.05, 4.69) is 50.0 Å². The van der Waals surface area contributed by atoms with Crippen LogP contribution in [0.5, 0.6) is 0 Å². The van der Waals surface area contributed by atoms with Crippen LogP contribution in [0, 0.1) is 6.92 Å². The molecular weight excluding hydrogens is 198 g/mol. The number of benzene rings is 1. The zero-order chi connectivity index (χ0) is 11.8. The standard InChI is InChI=1S/C14H17NO/c1-10-15-13(9-16-10)11-5-7-12(8-6-11)14(2,3)4/h5-9H,1-4H3. The third-order valence-electron chi connectivity index (χ3n) is 2.67. The van der Waals surface area contributed by atoms with Gasteiger partial charge in [0.25, 0.3) is 0 Å². The van der Waals surface area contributed by atoms with Crippen molar-refractivity contribution in [3.8, 4) is 11.3 Å². The summed E-state index contributed by atoms with van der Waals surface area (Å²) in [6.07, 6.45) is 1.70. The van der Waals surface area contributed by atoms with E-state index in [1.165, 1.54) is 5.56 Å². The molecule has 0 saturated carbocycles. The second-order valence-electron chi connectivity index (χ2n) is 5.08. The van der Waals surface area contributed by atoms with Crippen molar-refractivity contribution in [3.05, 3.63) is 42.0 Å². The van der Waals surface area contributed by atoms with E-state index < -0.39 is 0 Å². The lowest BCUT2D eigenvalue weighted by Gasteiger charge is -2.18. The van der Waals surface area contributed by atoms with Crippen LogP contribution >= 0.6 is 0 Å². The van der Waals surface area contributed by atoms with Gasteiger partial charge in [-0.2, -0.15) is 0 Å². The number of hydrogen-bond donors (Lipinski definition) is 0. The SMILES string of the molecule is Cc1nc(-c2ccc(C(C)(C)C)cc2)co1. The van der Waals surface area contributed by atoms with Crippen molar-refractivity contribution < 1.29 is 4.42 Å². The van der Waals surface area contributed by atoms with Gasteiger partial charge < -0.3 is 4.42 Å². The van der Waals surface area contributed by atoms with Gasteiger partial charge in [-0.05, 0) is 11.0 Å². The number of nitrogens with zero attached hydrogens (tertiary/aromatic N) is 1. The monoisotopic (exact) mass is 215 g/mol. The van der Waals surface area contributed by atoms with E-state index in [1.54, 1.807) is 6.26 Å². The van der Waals surface area contributed by atoms with Crippen molar-refractivity contribution in [2.24, 2.45) is 0 Å². The molecular formula is C14H17NO. The van der Waals surface area contributed by atoms with E-state index in [9.17, 15) is 0 Å². The van der Waals surface area contributed by atoms with E-state index in [-0.39, 0.29) is 5.41 Å². The molecule has 0 saturated heterocycles. The number of aryl methyl sites for hydroxylation is 1. The first-order valence-corrected chi connectivity index (χ1v) is 5.50. The van der Waals surface area contributed by atoms with Crippen LogP contribution in [-0.4, -0.2) is 4.98 Å². The summed E-state index contributed by atoms with van der Waals surface area (Å²) >= 11 is 0. The molecule has 0 unspecified atom stereocenters. The molecule has 2 heteroatoms. The molecule has 0 amide bonds. The van der Waals surface area contributed by atoms with Crippen LogP contribution in [0.3, 0.4) is 0 Å². The van der Waals surface area contributed by atoms with E-state index in [0.717, 1.165) is 11.3 Å². The van der Waals surface area contributed by atoms with Gasteiger partial charge in [0.15, 0.2) is 5.89 Å². The van der Waals surface area contributed by atoms with Crippen molar-refractivity contribution in [3.63, 3.8) is 0 Å². The van der Waals surface area contributed by atoms with Crippen LogP contribution in [0.4, 0.5) is 0 Å². The van der Waals surface area contributed by atoms with Crippen molar-refractivity contribution in [1.82, 2.24) is 4.98 Å². The number of oxazole rings is 1. The molecule has 2 nitrogen and oxygen atoms in total. The van der Waals surface area contributed by atoms with E-state index in [4.69, 9.17) is 4.42 Å². The molecule has 1 aromatic heterocycles. The molecule has 0 N–H and O–H groups in total. The maximum atomic E-state index is 5.21. The van der Waals surface area contributed by atoms with Gasteiger partial charge in [0.1, 0.15) is 12.0 Å². The molecule has 16 heavy (non-hydrogen) atoms. The minimum absolute atomic E-state index is 0.193. The Kier molecular flexibility index (Phi) is 2.58.